The van der Waals surface area contributed by atoms with Gasteiger partial charge in [0.15, 0.2) is 6.29 Å². The summed E-state index contributed by atoms with van der Waals surface area (Å²) >= 11 is 0. The van der Waals surface area contributed by atoms with E-state index in [2.05, 4.69) is 0 Å². The van der Waals surface area contributed by atoms with Gasteiger partial charge in [0.2, 0.25) is 0 Å². The van der Waals surface area contributed by atoms with Gasteiger partial charge in [0.05, 0.1) is 6.10 Å². The summed E-state index contributed by atoms with van der Waals surface area (Å²) in [6, 6.07) is 0. The minimum absolute atomic E-state index is 0.324. The molecule has 1 aliphatic heterocycles. The molecule has 3 atom stereocenters. The first kappa shape index (κ1) is 16.7. The van der Waals surface area contributed by atoms with Gasteiger partial charge in [-0.25, -0.2) is 0 Å². The van der Waals surface area contributed by atoms with Gasteiger partial charge in [0.1, 0.15) is 18.9 Å². The van der Waals surface area contributed by atoms with E-state index in [9.17, 15) is 19.5 Å². The first-order chi connectivity index (χ1) is 9.71. The molecule has 0 amide bonds. The van der Waals surface area contributed by atoms with Gasteiger partial charge in [-0.15, -0.1) is 0 Å². The van der Waals surface area contributed by atoms with Gasteiger partial charge in [-0.1, -0.05) is 6.08 Å². The summed E-state index contributed by atoms with van der Waals surface area (Å²) in [5.41, 5.74) is 0.552. The van der Waals surface area contributed by atoms with Gasteiger partial charge >= 0.3 is 0 Å². The number of hydrogen-bond acceptors (Lipinski definition) is 5. The standard InChI is InChI=1S/C15H22O5/c16-8-3-1-2-5-12(10-17)9-13(11-18)14-6-4-7-15(19)20-14/h5,8,10-11,13-15,19H,1-4,6-7,9H2. The van der Waals surface area contributed by atoms with Gasteiger partial charge in [0.25, 0.3) is 0 Å². The molecule has 0 saturated carbocycles. The van der Waals surface area contributed by atoms with E-state index in [1.54, 1.807) is 6.08 Å². The van der Waals surface area contributed by atoms with E-state index in [-0.39, 0.29) is 6.10 Å². The Kier molecular flexibility index (Phi) is 7.99. The minimum Gasteiger partial charge on any atom is -0.368 e. The number of aliphatic hydroxyl groups excluding tert-OH is 1. The molecular weight excluding hydrogens is 260 g/mol. The molecular formula is C15H22O5. The second kappa shape index (κ2) is 9.55. The van der Waals surface area contributed by atoms with Gasteiger partial charge < -0.3 is 19.4 Å². The maximum Gasteiger partial charge on any atom is 0.154 e. The molecule has 1 rings (SSSR count). The van der Waals surface area contributed by atoms with Crippen molar-refractivity contribution in [2.24, 2.45) is 5.92 Å². The molecule has 5 nitrogen and oxygen atoms in total. The highest BCUT2D eigenvalue weighted by atomic mass is 16.6. The fourth-order valence-corrected chi connectivity index (χ4v) is 2.35. The molecule has 20 heavy (non-hydrogen) atoms. The second-order valence-corrected chi connectivity index (χ2v) is 5.06. The van der Waals surface area contributed by atoms with Crippen LogP contribution in [0.4, 0.5) is 0 Å². The number of carbonyl (C=O) groups excluding carboxylic acids is 3. The molecule has 1 heterocycles. The molecule has 0 bridgehead atoms. The van der Waals surface area contributed by atoms with Crippen molar-refractivity contribution in [1.29, 1.82) is 0 Å². The van der Waals surface area contributed by atoms with Crippen LogP contribution in [-0.4, -0.2) is 36.4 Å². The maximum absolute atomic E-state index is 11.2. The Morgan fingerprint density at radius 1 is 1.25 bits per heavy atom. The summed E-state index contributed by atoms with van der Waals surface area (Å²) in [7, 11) is 0. The van der Waals surface area contributed by atoms with Crippen molar-refractivity contribution in [3.05, 3.63) is 11.6 Å². The molecule has 1 saturated heterocycles. The van der Waals surface area contributed by atoms with Crippen molar-refractivity contribution in [2.75, 3.05) is 0 Å². The minimum atomic E-state index is -0.813. The molecule has 1 N–H and O–H groups in total. The van der Waals surface area contributed by atoms with Crippen LogP contribution in [0.15, 0.2) is 11.6 Å². The van der Waals surface area contributed by atoms with E-state index in [0.29, 0.717) is 37.7 Å². The number of aliphatic hydroxyl groups is 1. The number of rotatable bonds is 9. The first-order valence-corrected chi connectivity index (χ1v) is 7.08. The third kappa shape index (κ3) is 5.75. The molecule has 0 aliphatic carbocycles. The predicted octanol–water partition coefficient (Wildman–Crippen LogP) is 1.57. The Labute approximate surface area is 119 Å². The lowest BCUT2D eigenvalue weighted by Gasteiger charge is -2.30. The van der Waals surface area contributed by atoms with Crippen molar-refractivity contribution in [1.82, 2.24) is 0 Å². The van der Waals surface area contributed by atoms with Crippen LogP contribution in [0.3, 0.4) is 0 Å². The SMILES string of the molecule is O=CCCCC=C(C=O)CC(C=O)C1CCCC(O)O1. The van der Waals surface area contributed by atoms with Crippen molar-refractivity contribution in [2.45, 2.75) is 57.3 Å². The van der Waals surface area contributed by atoms with E-state index in [4.69, 9.17) is 4.74 Å². The van der Waals surface area contributed by atoms with E-state index >= 15 is 0 Å². The number of carbonyl (C=O) groups is 3. The third-order valence-electron chi connectivity index (χ3n) is 3.48. The Hall–Kier alpha value is -1.33. The first-order valence-electron chi connectivity index (χ1n) is 7.08. The summed E-state index contributed by atoms with van der Waals surface area (Å²) < 4.78 is 5.36. The number of allylic oxidation sites excluding steroid dienone is 2. The average molecular weight is 282 g/mol. The van der Waals surface area contributed by atoms with Crippen LogP contribution in [0, 0.1) is 5.92 Å². The molecule has 1 aliphatic rings. The number of ether oxygens (including phenoxy) is 1. The Morgan fingerprint density at radius 2 is 2.05 bits per heavy atom. The van der Waals surface area contributed by atoms with Gasteiger partial charge in [-0.2, -0.15) is 0 Å². The van der Waals surface area contributed by atoms with Crippen LogP contribution in [0.1, 0.15) is 44.9 Å². The fraction of sp³-hybridized carbons (Fsp3) is 0.667. The van der Waals surface area contributed by atoms with Crippen LogP contribution in [0.5, 0.6) is 0 Å². The molecule has 0 spiro atoms. The van der Waals surface area contributed by atoms with Crippen molar-refractivity contribution < 1.29 is 24.2 Å². The highest BCUT2D eigenvalue weighted by Crippen LogP contribution is 2.26. The molecule has 1 fully saturated rings. The lowest BCUT2D eigenvalue weighted by molar-refractivity contribution is -0.176. The number of aldehydes is 3. The monoisotopic (exact) mass is 282 g/mol. The van der Waals surface area contributed by atoms with Crippen molar-refractivity contribution in [3.8, 4) is 0 Å². The molecule has 112 valence electrons. The topological polar surface area (TPSA) is 80.7 Å². The normalized spacial score (nSPS) is 24.9. The van der Waals surface area contributed by atoms with Crippen LogP contribution >= 0.6 is 0 Å². The van der Waals surface area contributed by atoms with E-state index in [1.807, 2.05) is 0 Å². The highest BCUT2D eigenvalue weighted by Gasteiger charge is 2.28. The van der Waals surface area contributed by atoms with Gasteiger partial charge in [0, 0.05) is 12.3 Å². The molecule has 0 aromatic heterocycles. The zero-order valence-corrected chi connectivity index (χ0v) is 11.6. The summed E-state index contributed by atoms with van der Waals surface area (Å²) in [5.74, 6) is -0.410. The van der Waals surface area contributed by atoms with Crippen LogP contribution in [0.25, 0.3) is 0 Å². The molecule has 0 aromatic rings. The lowest BCUT2D eigenvalue weighted by Crippen LogP contribution is -2.34. The third-order valence-corrected chi connectivity index (χ3v) is 3.48. The van der Waals surface area contributed by atoms with Crippen molar-refractivity contribution in [3.63, 3.8) is 0 Å². The van der Waals surface area contributed by atoms with E-state index in [1.165, 1.54) is 0 Å². The van der Waals surface area contributed by atoms with E-state index in [0.717, 1.165) is 31.7 Å². The van der Waals surface area contributed by atoms with Crippen LogP contribution in [-0.2, 0) is 19.1 Å². The molecule has 0 aromatic carbocycles. The smallest absolute Gasteiger partial charge is 0.154 e. The van der Waals surface area contributed by atoms with Crippen LogP contribution < -0.4 is 0 Å². The lowest BCUT2D eigenvalue weighted by atomic mass is 9.90. The Bertz CT molecular complexity index is 350. The van der Waals surface area contributed by atoms with E-state index < -0.39 is 12.2 Å². The summed E-state index contributed by atoms with van der Waals surface area (Å²) in [4.78, 5) is 32.4. The predicted molar refractivity (Wildman–Crippen MR) is 73.0 cm³/mol. The molecule has 5 heteroatoms. The average Bonchev–Trinajstić information content (AvgIpc) is 2.46. The molecule has 0 radical (unpaired) electrons. The Morgan fingerprint density at radius 3 is 2.65 bits per heavy atom. The summed E-state index contributed by atoms with van der Waals surface area (Å²) in [5, 5.41) is 9.46. The zero-order valence-electron chi connectivity index (χ0n) is 11.6. The fourth-order valence-electron chi connectivity index (χ4n) is 2.35. The highest BCUT2D eigenvalue weighted by molar-refractivity contribution is 5.74. The summed E-state index contributed by atoms with van der Waals surface area (Å²) in [6.45, 7) is 0. The second-order valence-electron chi connectivity index (χ2n) is 5.06. The Balaban J connectivity index is 2.53. The summed E-state index contributed by atoms with van der Waals surface area (Å²) in [6.07, 6.45) is 7.29. The maximum atomic E-state index is 11.2. The largest absolute Gasteiger partial charge is 0.368 e. The molecule has 3 unspecified atom stereocenters. The van der Waals surface area contributed by atoms with Crippen LogP contribution in [0.2, 0.25) is 0 Å². The van der Waals surface area contributed by atoms with Gasteiger partial charge in [-0.05, 0) is 44.1 Å². The van der Waals surface area contributed by atoms with Crippen molar-refractivity contribution >= 4 is 18.9 Å². The number of unbranched alkanes of at least 4 members (excludes halogenated alkanes) is 2. The zero-order chi connectivity index (χ0) is 14.8. The quantitative estimate of drug-likeness (QED) is 0.394. The number of hydrogen-bond donors (Lipinski definition) is 1. The van der Waals surface area contributed by atoms with Gasteiger partial charge in [-0.3, -0.25) is 4.79 Å².